The van der Waals surface area contributed by atoms with E-state index in [0.29, 0.717) is 38.2 Å². The van der Waals surface area contributed by atoms with Crippen LogP contribution in [0, 0.1) is 11.6 Å². The van der Waals surface area contributed by atoms with Gasteiger partial charge in [0, 0.05) is 25.7 Å². The Bertz CT molecular complexity index is 557. The van der Waals surface area contributed by atoms with Crippen molar-refractivity contribution < 1.29 is 17.2 Å². The van der Waals surface area contributed by atoms with E-state index < -0.39 is 26.9 Å². The predicted octanol–water partition coefficient (Wildman–Crippen LogP) is 1.48. The largest absolute Gasteiger partial charge is 0.298 e. The molecule has 0 amide bonds. The molecule has 7 heteroatoms. The second-order valence-electron chi connectivity index (χ2n) is 4.97. The van der Waals surface area contributed by atoms with E-state index in [-0.39, 0.29) is 0 Å². The first-order valence-electron chi connectivity index (χ1n) is 6.56. The van der Waals surface area contributed by atoms with E-state index in [2.05, 4.69) is 4.72 Å². The molecule has 0 bridgehead atoms. The number of nitrogens with zero attached hydrogens (tertiary/aromatic N) is 1. The van der Waals surface area contributed by atoms with Crippen molar-refractivity contribution in [1.82, 2.24) is 9.62 Å². The lowest BCUT2D eigenvalue weighted by molar-refractivity contribution is 0.330. The normalized spacial score (nSPS) is 20.4. The van der Waals surface area contributed by atoms with Gasteiger partial charge in [0.1, 0.15) is 11.6 Å². The summed E-state index contributed by atoms with van der Waals surface area (Å²) in [7, 11) is -3.29. The predicted molar refractivity (Wildman–Crippen MR) is 72.6 cm³/mol. The number of benzene rings is 1. The highest BCUT2D eigenvalue weighted by Gasteiger charge is 2.32. The zero-order chi connectivity index (χ0) is 14.8. The lowest BCUT2D eigenvalue weighted by Gasteiger charge is -2.16. The molecule has 0 spiro atoms. The van der Waals surface area contributed by atoms with Gasteiger partial charge >= 0.3 is 0 Å². The highest BCUT2D eigenvalue weighted by molar-refractivity contribution is 7.90. The minimum atomic E-state index is -3.29. The van der Waals surface area contributed by atoms with Crippen LogP contribution in [-0.4, -0.2) is 38.2 Å². The molecule has 2 rings (SSSR count). The van der Waals surface area contributed by atoms with Gasteiger partial charge in [0.25, 0.3) is 0 Å². The molecule has 0 aliphatic carbocycles. The van der Waals surface area contributed by atoms with E-state index in [9.17, 15) is 17.2 Å². The fraction of sp³-hybridized carbons (Fsp3) is 0.538. The molecule has 0 aromatic heterocycles. The molecule has 1 N–H and O–H groups in total. The first kappa shape index (κ1) is 15.3. The zero-order valence-electron chi connectivity index (χ0n) is 11.3. The maximum Gasteiger partial charge on any atom is 0.215 e. The average Bonchev–Trinajstić information content (AvgIpc) is 2.76. The number of rotatable bonds is 5. The molecule has 1 heterocycles. The van der Waals surface area contributed by atoms with E-state index in [1.165, 1.54) is 12.1 Å². The number of halogens is 2. The van der Waals surface area contributed by atoms with Crippen molar-refractivity contribution >= 4 is 10.0 Å². The molecule has 0 unspecified atom stereocenters. The van der Waals surface area contributed by atoms with Gasteiger partial charge in [-0.15, -0.1) is 0 Å². The van der Waals surface area contributed by atoms with Gasteiger partial charge in [-0.2, -0.15) is 0 Å². The molecular formula is C13H18F2N2O2S. The maximum atomic E-state index is 13.1. The highest BCUT2D eigenvalue weighted by Crippen LogP contribution is 2.19. The van der Waals surface area contributed by atoms with Crippen molar-refractivity contribution in [2.45, 2.75) is 25.1 Å². The summed E-state index contributed by atoms with van der Waals surface area (Å²) in [5, 5.41) is -0.458. The summed E-state index contributed by atoms with van der Waals surface area (Å²) in [5.74, 6) is -1.23. The summed E-state index contributed by atoms with van der Waals surface area (Å²) >= 11 is 0. The molecule has 1 aliphatic rings. The van der Waals surface area contributed by atoms with E-state index in [4.69, 9.17) is 0 Å². The van der Waals surface area contributed by atoms with Crippen LogP contribution in [0.4, 0.5) is 8.78 Å². The summed E-state index contributed by atoms with van der Waals surface area (Å²) in [6, 6.07) is 3.37. The van der Waals surface area contributed by atoms with Crippen LogP contribution in [0.1, 0.15) is 18.9 Å². The molecule has 20 heavy (non-hydrogen) atoms. The third kappa shape index (κ3) is 3.74. The SMILES string of the molecule is CCNS(=O)(=O)[C@@H]1CCN(Cc2cc(F)cc(F)c2)C1. The van der Waals surface area contributed by atoms with Crippen LogP contribution in [0.5, 0.6) is 0 Å². The molecule has 1 aromatic rings. The van der Waals surface area contributed by atoms with Gasteiger partial charge < -0.3 is 0 Å². The standard InChI is InChI=1S/C13H18F2N2O2S/c1-2-16-20(18,19)13-3-4-17(9-13)8-10-5-11(14)7-12(15)6-10/h5-7,13,16H,2-4,8-9H2,1H3/t13-/m1/s1. The number of hydrogen-bond acceptors (Lipinski definition) is 3. The fourth-order valence-corrected chi connectivity index (χ4v) is 3.93. The Morgan fingerprint density at radius 2 is 1.95 bits per heavy atom. The molecule has 0 saturated carbocycles. The Balaban J connectivity index is 2.00. The van der Waals surface area contributed by atoms with Crippen LogP contribution >= 0.6 is 0 Å². The van der Waals surface area contributed by atoms with Gasteiger partial charge in [0.2, 0.25) is 10.0 Å². The van der Waals surface area contributed by atoms with Crippen molar-refractivity contribution in [3.8, 4) is 0 Å². The van der Waals surface area contributed by atoms with Crippen LogP contribution in [0.25, 0.3) is 0 Å². The van der Waals surface area contributed by atoms with Crippen molar-refractivity contribution in [1.29, 1.82) is 0 Å². The molecule has 1 fully saturated rings. The first-order chi connectivity index (χ1) is 9.40. The number of nitrogens with one attached hydrogen (secondary N) is 1. The Hall–Kier alpha value is -1.05. The van der Waals surface area contributed by atoms with Crippen LogP contribution in [-0.2, 0) is 16.6 Å². The minimum Gasteiger partial charge on any atom is -0.298 e. The van der Waals surface area contributed by atoms with Crippen LogP contribution in [0.3, 0.4) is 0 Å². The van der Waals surface area contributed by atoms with Gasteiger partial charge in [-0.25, -0.2) is 21.9 Å². The van der Waals surface area contributed by atoms with Crippen LogP contribution in [0.2, 0.25) is 0 Å². The molecular weight excluding hydrogens is 286 g/mol. The van der Waals surface area contributed by atoms with Crippen molar-refractivity contribution in [2.24, 2.45) is 0 Å². The molecule has 1 aromatic carbocycles. The van der Waals surface area contributed by atoms with Gasteiger partial charge in [-0.3, -0.25) is 4.90 Å². The Morgan fingerprint density at radius 1 is 1.30 bits per heavy atom. The summed E-state index contributed by atoms with van der Waals surface area (Å²) in [5.41, 5.74) is 0.518. The minimum absolute atomic E-state index is 0.354. The van der Waals surface area contributed by atoms with Crippen LogP contribution < -0.4 is 4.72 Å². The zero-order valence-corrected chi connectivity index (χ0v) is 12.1. The molecule has 0 radical (unpaired) electrons. The average molecular weight is 304 g/mol. The summed E-state index contributed by atoms with van der Waals surface area (Å²) < 4.78 is 52.5. The van der Waals surface area contributed by atoms with Gasteiger partial charge in [-0.1, -0.05) is 6.92 Å². The van der Waals surface area contributed by atoms with Crippen molar-refractivity contribution in [2.75, 3.05) is 19.6 Å². The lowest BCUT2D eigenvalue weighted by Crippen LogP contribution is -2.36. The lowest BCUT2D eigenvalue weighted by atomic mass is 10.2. The number of sulfonamides is 1. The van der Waals surface area contributed by atoms with E-state index in [1.54, 1.807) is 6.92 Å². The summed E-state index contributed by atoms with van der Waals surface area (Å²) in [6.45, 7) is 3.45. The van der Waals surface area contributed by atoms with E-state index in [1.807, 2.05) is 4.90 Å². The Labute approximate surface area is 117 Å². The number of hydrogen-bond donors (Lipinski definition) is 1. The summed E-state index contributed by atoms with van der Waals surface area (Å²) in [4.78, 5) is 1.90. The van der Waals surface area contributed by atoms with E-state index in [0.717, 1.165) is 6.07 Å². The highest BCUT2D eigenvalue weighted by atomic mass is 32.2. The topological polar surface area (TPSA) is 49.4 Å². The molecule has 112 valence electrons. The molecule has 1 aliphatic heterocycles. The second kappa shape index (κ2) is 6.15. The van der Waals surface area contributed by atoms with Gasteiger partial charge in [0.05, 0.1) is 5.25 Å². The van der Waals surface area contributed by atoms with Crippen molar-refractivity contribution in [3.63, 3.8) is 0 Å². The third-order valence-corrected chi connectivity index (χ3v) is 5.30. The first-order valence-corrected chi connectivity index (χ1v) is 8.11. The fourth-order valence-electron chi connectivity index (χ4n) is 2.47. The van der Waals surface area contributed by atoms with Gasteiger partial charge in [-0.05, 0) is 30.7 Å². The second-order valence-corrected chi connectivity index (χ2v) is 7.01. The monoisotopic (exact) mass is 304 g/mol. The smallest absolute Gasteiger partial charge is 0.215 e. The summed E-state index contributed by atoms with van der Waals surface area (Å²) in [6.07, 6.45) is 0.535. The van der Waals surface area contributed by atoms with E-state index >= 15 is 0 Å². The van der Waals surface area contributed by atoms with Crippen molar-refractivity contribution in [3.05, 3.63) is 35.4 Å². The maximum absolute atomic E-state index is 13.1. The molecule has 4 nitrogen and oxygen atoms in total. The Kier molecular flexibility index (Phi) is 4.72. The third-order valence-electron chi connectivity index (χ3n) is 3.34. The molecule has 1 saturated heterocycles. The number of likely N-dealkylation sites (tertiary alicyclic amines) is 1. The quantitative estimate of drug-likeness (QED) is 0.896. The van der Waals surface area contributed by atoms with Gasteiger partial charge in [0.15, 0.2) is 0 Å². The molecule has 1 atom stereocenters. The Morgan fingerprint density at radius 3 is 2.55 bits per heavy atom. The van der Waals surface area contributed by atoms with Crippen LogP contribution in [0.15, 0.2) is 18.2 Å².